The maximum atomic E-state index is 12.5. The van der Waals surface area contributed by atoms with Crippen molar-refractivity contribution >= 4 is 27.7 Å². The quantitative estimate of drug-likeness (QED) is 0.548. The first-order valence-corrected chi connectivity index (χ1v) is 11.7. The second-order valence-corrected chi connectivity index (χ2v) is 10.2. The van der Waals surface area contributed by atoms with Gasteiger partial charge >= 0.3 is 0 Å². The van der Waals surface area contributed by atoms with E-state index in [0.29, 0.717) is 5.69 Å². The van der Waals surface area contributed by atoms with E-state index < -0.39 is 15.6 Å². The number of nitrogens with zero attached hydrogens (tertiary/aromatic N) is 2. The molecule has 3 aromatic rings. The molecule has 1 amide bonds. The van der Waals surface area contributed by atoms with E-state index in [0.717, 1.165) is 22.6 Å². The molecule has 3 rings (SSSR count). The standard InChI is InChI=1S/C24H28N4O3S/c1-17-22(18(2)28(26-17)20-11-7-6-8-12-20)14-15-23(29)25-19-10-9-13-21(16-19)32(30,31)27-24(3,4)5/h6-16,27H,1-5H3,(H,25,29)/b15-14+. The third-order valence-corrected chi connectivity index (χ3v) is 6.36. The lowest BCUT2D eigenvalue weighted by Gasteiger charge is -2.20. The molecule has 2 N–H and O–H groups in total. The van der Waals surface area contributed by atoms with Crippen molar-refractivity contribution in [1.29, 1.82) is 0 Å². The van der Waals surface area contributed by atoms with Crippen LogP contribution >= 0.6 is 0 Å². The molecule has 2 aromatic carbocycles. The first kappa shape index (κ1) is 23.4. The average molecular weight is 453 g/mol. The van der Waals surface area contributed by atoms with Crippen LogP contribution in [0.2, 0.25) is 0 Å². The zero-order valence-electron chi connectivity index (χ0n) is 18.9. The fourth-order valence-corrected chi connectivity index (χ4v) is 4.73. The van der Waals surface area contributed by atoms with Crippen molar-refractivity contribution in [3.8, 4) is 5.69 Å². The summed E-state index contributed by atoms with van der Waals surface area (Å²) in [4.78, 5) is 12.6. The van der Waals surface area contributed by atoms with Crippen LogP contribution in [-0.2, 0) is 14.8 Å². The summed E-state index contributed by atoms with van der Waals surface area (Å²) in [6, 6.07) is 15.9. The molecule has 0 aliphatic carbocycles. The summed E-state index contributed by atoms with van der Waals surface area (Å²) in [5, 5.41) is 7.29. The van der Waals surface area contributed by atoms with Gasteiger partial charge in [0.15, 0.2) is 0 Å². The average Bonchev–Trinajstić information content (AvgIpc) is 2.99. The number of carbonyl (C=O) groups is 1. The van der Waals surface area contributed by atoms with Crippen LogP contribution < -0.4 is 10.0 Å². The van der Waals surface area contributed by atoms with Crippen molar-refractivity contribution in [3.05, 3.63) is 77.6 Å². The molecular formula is C24H28N4O3S. The van der Waals surface area contributed by atoms with E-state index in [1.807, 2.05) is 48.9 Å². The number of hydrogen-bond acceptors (Lipinski definition) is 4. The summed E-state index contributed by atoms with van der Waals surface area (Å²) in [6.45, 7) is 9.14. The number of anilines is 1. The van der Waals surface area contributed by atoms with Gasteiger partial charge in [-0.2, -0.15) is 5.10 Å². The van der Waals surface area contributed by atoms with Gasteiger partial charge in [-0.3, -0.25) is 4.79 Å². The van der Waals surface area contributed by atoms with E-state index in [2.05, 4.69) is 15.1 Å². The Labute approximate surface area is 189 Å². The number of sulfonamides is 1. The Morgan fingerprint density at radius 3 is 2.38 bits per heavy atom. The molecule has 0 aliphatic rings. The summed E-state index contributed by atoms with van der Waals surface area (Å²) in [6.07, 6.45) is 3.13. The van der Waals surface area contributed by atoms with Gasteiger partial charge in [-0.1, -0.05) is 24.3 Å². The Balaban J connectivity index is 1.77. The van der Waals surface area contributed by atoms with Crippen LogP contribution in [0.4, 0.5) is 5.69 Å². The molecule has 168 valence electrons. The largest absolute Gasteiger partial charge is 0.322 e. The molecule has 0 fully saturated rings. The van der Waals surface area contributed by atoms with E-state index in [-0.39, 0.29) is 10.8 Å². The summed E-state index contributed by atoms with van der Waals surface area (Å²) in [7, 11) is -3.70. The highest BCUT2D eigenvalue weighted by Gasteiger charge is 2.22. The first-order valence-electron chi connectivity index (χ1n) is 10.2. The molecule has 0 spiro atoms. The number of benzene rings is 2. The molecule has 0 saturated carbocycles. The Kier molecular flexibility index (Phi) is 6.66. The molecule has 8 heteroatoms. The van der Waals surface area contributed by atoms with Crippen molar-refractivity contribution < 1.29 is 13.2 Å². The molecule has 0 saturated heterocycles. The minimum atomic E-state index is -3.70. The predicted molar refractivity (Wildman–Crippen MR) is 127 cm³/mol. The van der Waals surface area contributed by atoms with Crippen molar-refractivity contribution in [2.45, 2.75) is 45.1 Å². The molecule has 0 unspecified atom stereocenters. The Morgan fingerprint density at radius 1 is 1.03 bits per heavy atom. The first-order chi connectivity index (χ1) is 15.0. The van der Waals surface area contributed by atoms with Crippen LogP contribution in [0.1, 0.15) is 37.7 Å². The molecule has 1 aromatic heterocycles. The SMILES string of the molecule is Cc1nn(-c2ccccc2)c(C)c1/C=C/C(=O)Nc1cccc(S(=O)(=O)NC(C)(C)C)c1. The van der Waals surface area contributed by atoms with E-state index in [1.54, 1.807) is 39.0 Å². The fourth-order valence-electron chi connectivity index (χ4n) is 3.26. The number of aromatic nitrogens is 2. The molecule has 0 atom stereocenters. The zero-order chi connectivity index (χ0) is 23.5. The number of nitrogens with one attached hydrogen (secondary N) is 2. The lowest BCUT2D eigenvalue weighted by atomic mass is 10.1. The minimum absolute atomic E-state index is 0.0880. The number of amides is 1. The molecule has 0 radical (unpaired) electrons. The fraction of sp³-hybridized carbons (Fsp3) is 0.250. The van der Waals surface area contributed by atoms with E-state index in [1.165, 1.54) is 18.2 Å². The number of para-hydroxylation sites is 1. The topological polar surface area (TPSA) is 93.1 Å². The Morgan fingerprint density at radius 2 is 1.72 bits per heavy atom. The maximum absolute atomic E-state index is 12.5. The minimum Gasteiger partial charge on any atom is -0.322 e. The third-order valence-electron chi connectivity index (χ3n) is 4.60. The van der Waals surface area contributed by atoms with Gasteiger partial charge in [0, 0.05) is 28.6 Å². The van der Waals surface area contributed by atoms with Gasteiger partial charge < -0.3 is 5.32 Å². The molecule has 32 heavy (non-hydrogen) atoms. The lowest BCUT2D eigenvalue weighted by Crippen LogP contribution is -2.40. The molecule has 0 bridgehead atoms. The van der Waals surface area contributed by atoms with E-state index in [4.69, 9.17) is 0 Å². The van der Waals surface area contributed by atoms with Crippen LogP contribution in [0.5, 0.6) is 0 Å². The molecular weight excluding hydrogens is 424 g/mol. The lowest BCUT2D eigenvalue weighted by molar-refractivity contribution is -0.111. The molecule has 7 nitrogen and oxygen atoms in total. The van der Waals surface area contributed by atoms with Gasteiger partial charge in [-0.15, -0.1) is 0 Å². The zero-order valence-corrected chi connectivity index (χ0v) is 19.7. The highest BCUT2D eigenvalue weighted by molar-refractivity contribution is 7.89. The van der Waals surface area contributed by atoms with Crippen molar-refractivity contribution in [1.82, 2.24) is 14.5 Å². The van der Waals surface area contributed by atoms with Crippen molar-refractivity contribution in [2.75, 3.05) is 5.32 Å². The highest BCUT2D eigenvalue weighted by Crippen LogP contribution is 2.20. The number of rotatable bonds is 6. The van der Waals surface area contributed by atoms with Gasteiger partial charge in [-0.25, -0.2) is 17.8 Å². The summed E-state index contributed by atoms with van der Waals surface area (Å²) in [5.74, 6) is -0.366. The summed E-state index contributed by atoms with van der Waals surface area (Å²) < 4.78 is 29.5. The van der Waals surface area contributed by atoms with E-state index in [9.17, 15) is 13.2 Å². The second-order valence-electron chi connectivity index (χ2n) is 8.54. The van der Waals surface area contributed by atoms with Crippen LogP contribution in [0.15, 0.2) is 65.6 Å². The van der Waals surface area contributed by atoms with Crippen molar-refractivity contribution in [3.63, 3.8) is 0 Å². The normalized spacial score (nSPS) is 12.3. The van der Waals surface area contributed by atoms with Crippen LogP contribution in [0, 0.1) is 13.8 Å². The van der Waals surface area contributed by atoms with Crippen LogP contribution in [0.3, 0.4) is 0 Å². The van der Waals surface area contributed by atoms with Gasteiger partial charge in [0.2, 0.25) is 15.9 Å². The second kappa shape index (κ2) is 9.10. The van der Waals surface area contributed by atoms with Gasteiger partial charge in [-0.05, 0) is 71.0 Å². The summed E-state index contributed by atoms with van der Waals surface area (Å²) >= 11 is 0. The highest BCUT2D eigenvalue weighted by atomic mass is 32.2. The number of hydrogen-bond donors (Lipinski definition) is 2. The Bertz CT molecular complexity index is 1250. The maximum Gasteiger partial charge on any atom is 0.248 e. The number of aryl methyl sites for hydroxylation is 1. The van der Waals surface area contributed by atoms with Gasteiger partial charge in [0.05, 0.1) is 16.3 Å². The summed E-state index contributed by atoms with van der Waals surface area (Å²) in [5.41, 5.74) is 3.30. The predicted octanol–water partition coefficient (Wildman–Crippen LogP) is 4.22. The van der Waals surface area contributed by atoms with E-state index >= 15 is 0 Å². The smallest absolute Gasteiger partial charge is 0.248 e. The number of carbonyl (C=O) groups excluding carboxylic acids is 1. The third kappa shape index (κ3) is 5.72. The van der Waals surface area contributed by atoms with Gasteiger partial charge in [0.1, 0.15) is 0 Å². The monoisotopic (exact) mass is 452 g/mol. The molecule has 1 heterocycles. The van der Waals surface area contributed by atoms with Crippen molar-refractivity contribution in [2.24, 2.45) is 0 Å². The van der Waals surface area contributed by atoms with Gasteiger partial charge in [0.25, 0.3) is 0 Å². The van der Waals surface area contributed by atoms with Crippen LogP contribution in [-0.4, -0.2) is 29.6 Å². The Hall–Kier alpha value is -3.23. The van der Waals surface area contributed by atoms with Crippen LogP contribution in [0.25, 0.3) is 11.8 Å². The molecule has 0 aliphatic heterocycles.